The number of piperidine rings is 1. The van der Waals surface area contributed by atoms with Gasteiger partial charge in [-0.15, -0.1) is 12.4 Å². The van der Waals surface area contributed by atoms with E-state index in [9.17, 15) is 4.39 Å². The fraction of sp³-hybridized carbons (Fsp3) is 0.667. The van der Waals surface area contributed by atoms with Gasteiger partial charge in [0.25, 0.3) is 0 Å². The van der Waals surface area contributed by atoms with Gasteiger partial charge in [-0.25, -0.2) is 4.39 Å². The topological polar surface area (TPSA) is 32.5 Å². The monoisotopic (exact) mass is 341 g/mol. The number of rotatable bonds is 4. The lowest BCUT2D eigenvalue weighted by atomic mass is 9.90. The maximum atomic E-state index is 14.4. The zero-order valence-corrected chi connectivity index (χ0v) is 14.8. The highest BCUT2D eigenvalue weighted by atomic mass is 35.5. The average Bonchev–Trinajstić information content (AvgIpc) is 3.04. The molecule has 2 aliphatic heterocycles. The molecule has 0 aliphatic carbocycles. The van der Waals surface area contributed by atoms with Gasteiger partial charge in [0.2, 0.25) is 0 Å². The summed E-state index contributed by atoms with van der Waals surface area (Å²) in [6, 6.07) is 5.80. The second-order valence-corrected chi connectivity index (χ2v) is 6.90. The molecular weight excluding hydrogens is 313 g/mol. The Bertz CT molecular complexity index is 495. The molecule has 1 aromatic carbocycles. The van der Waals surface area contributed by atoms with Gasteiger partial charge in [0.05, 0.1) is 0 Å². The molecule has 2 saturated heterocycles. The molecule has 0 aromatic heterocycles. The lowest BCUT2D eigenvalue weighted by molar-refractivity contribution is 0.164. The van der Waals surface area contributed by atoms with Crippen molar-refractivity contribution >= 4 is 18.1 Å². The number of likely N-dealkylation sites (tertiary alicyclic amines) is 1. The third-order valence-corrected chi connectivity index (χ3v) is 5.30. The van der Waals surface area contributed by atoms with E-state index in [1.54, 1.807) is 6.07 Å². The second-order valence-electron chi connectivity index (χ2n) is 6.90. The van der Waals surface area contributed by atoms with Crippen molar-refractivity contribution in [3.63, 3.8) is 0 Å². The summed E-state index contributed by atoms with van der Waals surface area (Å²) in [5.41, 5.74) is 7.99. The molecule has 2 heterocycles. The van der Waals surface area contributed by atoms with Crippen molar-refractivity contribution in [3.8, 4) is 0 Å². The van der Waals surface area contributed by atoms with Gasteiger partial charge >= 0.3 is 0 Å². The molecule has 2 fully saturated rings. The van der Waals surface area contributed by atoms with Gasteiger partial charge in [-0.05, 0) is 63.7 Å². The number of benzene rings is 1. The Kier molecular flexibility index (Phi) is 6.69. The Labute approximate surface area is 145 Å². The van der Waals surface area contributed by atoms with Crippen LogP contribution in [0, 0.1) is 11.7 Å². The molecule has 130 valence electrons. The molecule has 0 saturated carbocycles. The first-order valence-electron chi connectivity index (χ1n) is 8.65. The molecule has 3 rings (SSSR count). The fourth-order valence-corrected chi connectivity index (χ4v) is 3.82. The SMILES string of the molecule is CC(N)C1CCN(Cc2c(F)cccc2N2CCCC2)CC1.Cl. The van der Waals surface area contributed by atoms with Crippen LogP contribution in [0.15, 0.2) is 18.2 Å². The van der Waals surface area contributed by atoms with E-state index in [1.807, 2.05) is 6.07 Å². The summed E-state index contributed by atoms with van der Waals surface area (Å²) in [5, 5.41) is 0. The zero-order valence-electron chi connectivity index (χ0n) is 14.0. The van der Waals surface area contributed by atoms with Gasteiger partial charge in [-0.1, -0.05) is 6.07 Å². The van der Waals surface area contributed by atoms with E-state index in [0.29, 0.717) is 5.92 Å². The lowest BCUT2D eigenvalue weighted by Gasteiger charge is -2.34. The van der Waals surface area contributed by atoms with Gasteiger partial charge < -0.3 is 10.6 Å². The summed E-state index contributed by atoms with van der Waals surface area (Å²) >= 11 is 0. The van der Waals surface area contributed by atoms with Crippen molar-refractivity contribution in [1.82, 2.24) is 4.90 Å². The Morgan fingerprint density at radius 3 is 2.43 bits per heavy atom. The number of nitrogens with zero attached hydrogens (tertiary/aromatic N) is 2. The number of hydrogen-bond donors (Lipinski definition) is 1. The average molecular weight is 342 g/mol. The van der Waals surface area contributed by atoms with Crippen molar-refractivity contribution in [1.29, 1.82) is 0 Å². The number of halogens is 2. The van der Waals surface area contributed by atoms with E-state index < -0.39 is 0 Å². The fourth-order valence-electron chi connectivity index (χ4n) is 3.82. The molecule has 0 spiro atoms. The third-order valence-electron chi connectivity index (χ3n) is 5.30. The van der Waals surface area contributed by atoms with E-state index in [4.69, 9.17) is 5.73 Å². The van der Waals surface area contributed by atoms with Crippen LogP contribution in [0.2, 0.25) is 0 Å². The predicted molar refractivity (Wildman–Crippen MR) is 96.7 cm³/mol. The van der Waals surface area contributed by atoms with E-state index in [-0.39, 0.29) is 24.3 Å². The van der Waals surface area contributed by atoms with Crippen LogP contribution in [-0.4, -0.2) is 37.1 Å². The summed E-state index contributed by atoms with van der Waals surface area (Å²) in [5.74, 6) is 0.564. The van der Waals surface area contributed by atoms with Crippen LogP contribution in [0.25, 0.3) is 0 Å². The normalized spacial score (nSPS) is 21.3. The zero-order chi connectivity index (χ0) is 15.5. The van der Waals surface area contributed by atoms with Crippen molar-refractivity contribution in [3.05, 3.63) is 29.6 Å². The van der Waals surface area contributed by atoms with Crippen molar-refractivity contribution in [2.24, 2.45) is 11.7 Å². The standard InChI is InChI=1S/C18H28FN3.ClH/c1-14(20)15-7-11-21(12-8-15)13-16-17(19)5-4-6-18(16)22-9-2-3-10-22;/h4-6,14-15H,2-3,7-13,20H2,1H3;1H. The molecule has 0 radical (unpaired) electrons. The van der Waals surface area contributed by atoms with Crippen molar-refractivity contribution in [2.45, 2.75) is 45.2 Å². The van der Waals surface area contributed by atoms with Gasteiger partial charge in [0.1, 0.15) is 5.82 Å². The van der Waals surface area contributed by atoms with Gasteiger partial charge in [-0.3, -0.25) is 4.90 Å². The molecule has 1 atom stereocenters. The highest BCUT2D eigenvalue weighted by Crippen LogP contribution is 2.29. The molecule has 23 heavy (non-hydrogen) atoms. The molecule has 2 N–H and O–H groups in total. The summed E-state index contributed by atoms with van der Waals surface area (Å²) in [6.45, 7) is 7.00. The molecule has 0 bridgehead atoms. The maximum absolute atomic E-state index is 14.4. The highest BCUT2D eigenvalue weighted by Gasteiger charge is 2.24. The summed E-state index contributed by atoms with van der Waals surface area (Å²) in [6.07, 6.45) is 4.70. The highest BCUT2D eigenvalue weighted by molar-refractivity contribution is 5.85. The minimum atomic E-state index is -0.0567. The van der Waals surface area contributed by atoms with Crippen LogP contribution in [0.1, 0.15) is 38.2 Å². The van der Waals surface area contributed by atoms with Gasteiger partial charge in [0.15, 0.2) is 0 Å². The molecule has 1 unspecified atom stereocenters. The number of nitrogens with two attached hydrogens (primary N) is 1. The van der Waals surface area contributed by atoms with E-state index in [2.05, 4.69) is 22.8 Å². The van der Waals surface area contributed by atoms with Crippen LogP contribution in [0.5, 0.6) is 0 Å². The summed E-state index contributed by atoms with van der Waals surface area (Å²) < 4.78 is 14.4. The third kappa shape index (κ3) is 4.37. The summed E-state index contributed by atoms with van der Waals surface area (Å²) in [7, 11) is 0. The molecule has 3 nitrogen and oxygen atoms in total. The number of anilines is 1. The quantitative estimate of drug-likeness (QED) is 0.911. The first-order valence-corrected chi connectivity index (χ1v) is 8.65. The molecule has 1 aromatic rings. The molecule has 0 amide bonds. The van der Waals surface area contributed by atoms with Crippen LogP contribution in [0.3, 0.4) is 0 Å². The minimum absolute atomic E-state index is 0. The minimum Gasteiger partial charge on any atom is -0.371 e. The lowest BCUT2D eigenvalue weighted by Crippen LogP contribution is -2.39. The van der Waals surface area contributed by atoms with Crippen molar-refractivity contribution < 1.29 is 4.39 Å². The van der Waals surface area contributed by atoms with Crippen LogP contribution in [-0.2, 0) is 6.54 Å². The first-order chi connectivity index (χ1) is 10.6. The van der Waals surface area contributed by atoms with Crippen LogP contribution in [0.4, 0.5) is 10.1 Å². The first kappa shape index (κ1) is 18.5. The molecular formula is C18H29ClFN3. The Balaban J connectivity index is 0.00000192. The van der Waals surface area contributed by atoms with Gasteiger partial charge in [-0.2, -0.15) is 0 Å². The molecule has 2 aliphatic rings. The van der Waals surface area contributed by atoms with E-state index in [1.165, 1.54) is 12.8 Å². The van der Waals surface area contributed by atoms with E-state index >= 15 is 0 Å². The second kappa shape index (κ2) is 8.32. The van der Waals surface area contributed by atoms with Crippen molar-refractivity contribution in [2.75, 3.05) is 31.1 Å². The smallest absolute Gasteiger partial charge is 0.129 e. The maximum Gasteiger partial charge on any atom is 0.129 e. The number of hydrogen-bond acceptors (Lipinski definition) is 3. The van der Waals surface area contributed by atoms with E-state index in [0.717, 1.165) is 56.8 Å². The molecule has 5 heteroatoms. The Hall–Kier alpha value is -0.840. The van der Waals surface area contributed by atoms with Crippen LogP contribution < -0.4 is 10.6 Å². The van der Waals surface area contributed by atoms with Gasteiger partial charge in [0, 0.05) is 36.9 Å². The van der Waals surface area contributed by atoms with Crippen LogP contribution >= 0.6 is 12.4 Å². The Morgan fingerprint density at radius 2 is 1.83 bits per heavy atom. The summed E-state index contributed by atoms with van der Waals surface area (Å²) in [4.78, 5) is 4.73. The Morgan fingerprint density at radius 1 is 1.17 bits per heavy atom. The largest absolute Gasteiger partial charge is 0.371 e. The predicted octanol–water partition coefficient (Wildman–Crippen LogP) is 3.41.